The van der Waals surface area contributed by atoms with Gasteiger partial charge in [0.1, 0.15) is 11.5 Å². The van der Waals surface area contributed by atoms with Gasteiger partial charge in [-0.1, -0.05) is 58.8 Å². The highest BCUT2D eigenvalue weighted by molar-refractivity contribution is 7.39. The molecule has 6 nitrogen and oxygen atoms in total. The lowest BCUT2D eigenvalue weighted by Crippen LogP contribution is -2.22. The molecule has 2 aromatic rings. The highest BCUT2D eigenvalue weighted by atomic mass is 31.2. The summed E-state index contributed by atoms with van der Waals surface area (Å²) in [6, 6.07) is 13.7. The molecule has 0 aliphatic rings. The average molecular weight is 354 g/mol. The minimum Gasteiger partial charge on any atom is -0.810 e. The van der Waals surface area contributed by atoms with E-state index in [0.717, 1.165) is 0 Å². The third kappa shape index (κ3) is 4.39. The molecule has 0 bridgehead atoms. The molecule has 0 saturated carbocycles. The molecule has 8 heteroatoms. The smallest absolute Gasteiger partial charge is 0.391 e. The molecule has 0 heterocycles. The van der Waals surface area contributed by atoms with Crippen LogP contribution in [0.15, 0.2) is 48.5 Å². The fourth-order valence-electron chi connectivity index (χ4n) is 2.44. The Balaban J connectivity index is 2.51. The molecular formula is C15H16O6P2-2. The minimum atomic E-state index is -3.04. The third-order valence-electron chi connectivity index (χ3n) is 3.47. The molecule has 0 saturated heterocycles. The van der Waals surface area contributed by atoms with Gasteiger partial charge in [-0.3, -0.25) is 0 Å². The lowest BCUT2D eigenvalue weighted by atomic mass is 9.77. The van der Waals surface area contributed by atoms with E-state index in [1.807, 2.05) is 13.8 Å². The molecule has 0 spiro atoms. The first-order valence-corrected chi connectivity index (χ1v) is 8.95. The Morgan fingerprint density at radius 3 is 1.70 bits per heavy atom. The van der Waals surface area contributed by atoms with Crippen LogP contribution in [0.5, 0.6) is 11.5 Å². The number of hydrogen-bond donors (Lipinski definition) is 2. The quantitative estimate of drug-likeness (QED) is 0.768. The van der Waals surface area contributed by atoms with Crippen LogP contribution in [0.1, 0.15) is 25.0 Å². The molecule has 0 fully saturated rings. The van der Waals surface area contributed by atoms with E-state index < -0.39 is 22.6 Å². The summed E-state index contributed by atoms with van der Waals surface area (Å²) in [5.41, 5.74) is 0.618. The molecule has 0 radical (unpaired) electrons. The summed E-state index contributed by atoms with van der Waals surface area (Å²) < 4.78 is 9.98. The Morgan fingerprint density at radius 2 is 1.26 bits per heavy atom. The SMILES string of the molecule is CC(C)(c1ccccc1OP([O-])[O-])c1ccccc1OP(O)O. The van der Waals surface area contributed by atoms with Gasteiger partial charge in [0.2, 0.25) is 0 Å². The maximum Gasteiger partial charge on any atom is 0.391 e. The van der Waals surface area contributed by atoms with Gasteiger partial charge in [-0.15, -0.1) is 0 Å². The summed E-state index contributed by atoms with van der Waals surface area (Å²) in [4.78, 5) is 40.1. The van der Waals surface area contributed by atoms with Crippen molar-refractivity contribution in [3.05, 3.63) is 59.7 Å². The zero-order valence-corrected chi connectivity index (χ0v) is 14.3. The number of benzene rings is 2. The van der Waals surface area contributed by atoms with Gasteiger partial charge in [0.05, 0.1) is 0 Å². The molecule has 2 aromatic carbocycles. The van der Waals surface area contributed by atoms with Gasteiger partial charge in [0.25, 0.3) is 0 Å². The van der Waals surface area contributed by atoms with Gasteiger partial charge in [-0.25, -0.2) is 0 Å². The summed E-state index contributed by atoms with van der Waals surface area (Å²) in [6.45, 7) is 3.73. The lowest BCUT2D eigenvalue weighted by molar-refractivity contribution is -0.310. The minimum absolute atomic E-state index is 0.221. The summed E-state index contributed by atoms with van der Waals surface area (Å²) in [5, 5.41) is 0. The van der Waals surface area contributed by atoms with Crippen molar-refractivity contribution in [3.63, 3.8) is 0 Å². The van der Waals surface area contributed by atoms with E-state index in [1.165, 1.54) is 0 Å². The van der Waals surface area contributed by atoms with E-state index in [4.69, 9.17) is 18.8 Å². The van der Waals surface area contributed by atoms with Gasteiger partial charge < -0.3 is 28.6 Å². The molecule has 2 N–H and O–H groups in total. The third-order valence-corrected chi connectivity index (χ3v) is 4.18. The van der Waals surface area contributed by atoms with Crippen LogP contribution >= 0.6 is 17.2 Å². The van der Waals surface area contributed by atoms with Crippen LogP contribution in [0.4, 0.5) is 0 Å². The van der Waals surface area contributed by atoms with E-state index >= 15 is 0 Å². The number of para-hydroxylation sites is 2. The van der Waals surface area contributed by atoms with Gasteiger partial charge in [-0.2, -0.15) is 0 Å². The van der Waals surface area contributed by atoms with Gasteiger partial charge in [-0.05, 0) is 12.1 Å². The summed E-state index contributed by atoms with van der Waals surface area (Å²) in [7, 11) is -5.60. The Hall–Kier alpha value is -1.26. The summed E-state index contributed by atoms with van der Waals surface area (Å²) >= 11 is 0. The molecule has 0 atom stereocenters. The molecule has 0 amide bonds. The fraction of sp³-hybridized carbons (Fsp3) is 0.200. The number of rotatable bonds is 6. The first kappa shape index (κ1) is 18.1. The van der Waals surface area contributed by atoms with Crippen molar-refractivity contribution in [2.24, 2.45) is 0 Å². The molecule has 2 rings (SSSR count). The molecule has 23 heavy (non-hydrogen) atoms. The second-order valence-corrected chi connectivity index (χ2v) is 6.59. The molecular weight excluding hydrogens is 338 g/mol. The first-order valence-electron chi connectivity index (χ1n) is 6.69. The maximum atomic E-state index is 10.9. The van der Waals surface area contributed by atoms with E-state index in [1.54, 1.807) is 48.5 Å². The van der Waals surface area contributed by atoms with E-state index in [9.17, 15) is 9.79 Å². The predicted octanol–water partition coefficient (Wildman–Crippen LogP) is 1.93. The monoisotopic (exact) mass is 354 g/mol. The number of hydrogen-bond acceptors (Lipinski definition) is 6. The van der Waals surface area contributed by atoms with Crippen molar-refractivity contribution in [1.29, 1.82) is 0 Å². The van der Waals surface area contributed by atoms with Gasteiger partial charge in [0, 0.05) is 16.5 Å². The van der Waals surface area contributed by atoms with Crippen molar-refractivity contribution >= 4 is 17.2 Å². The lowest BCUT2D eigenvalue weighted by Gasteiger charge is -2.34. The summed E-state index contributed by atoms with van der Waals surface area (Å²) in [6.07, 6.45) is 0. The van der Waals surface area contributed by atoms with Crippen LogP contribution < -0.4 is 18.8 Å². The predicted molar refractivity (Wildman–Crippen MR) is 84.5 cm³/mol. The van der Waals surface area contributed by atoms with Crippen molar-refractivity contribution in [2.75, 3.05) is 0 Å². The van der Waals surface area contributed by atoms with Crippen LogP contribution in [0.3, 0.4) is 0 Å². The van der Waals surface area contributed by atoms with E-state index in [2.05, 4.69) is 0 Å². The second kappa shape index (κ2) is 7.54. The Labute approximate surface area is 137 Å². The normalized spacial score (nSPS) is 11.8. The van der Waals surface area contributed by atoms with Crippen LogP contribution in [0, 0.1) is 0 Å². The van der Waals surface area contributed by atoms with Crippen molar-refractivity contribution in [2.45, 2.75) is 19.3 Å². The molecule has 0 aliphatic carbocycles. The second-order valence-electron chi connectivity index (χ2n) is 5.28. The van der Waals surface area contributed by atoms with E-state index in [0.29, 0.717) is 16.9 Å². The standard InChI is InChI=1S/C15H16O6P2/c1-15(2,11-7-3-5-9-13(11)20-22(16)17)12-8-4-6-10-14(12)21-23(18)19/h3-10,16-17H,1-2H3/q-2. The Morgan fingerprint density at radius 1 is 0.826 bits per heavy atom. The molecule has 124 valence electrons. The van der Waals surface area contributed by atoms with Crippen LogP contribution in [-0.2, 0) is 5.41 Å². The highest BCUT2D eigenvalue weighted by Crippen LogP contribution is 2.44. The highest BCUT2D eigenvalue weighted by Gasteiger charge is 2.30. The molecule has 0 unspecified atom stereocenters. The van der Waals surface area contributed by atoms with Gasteiger partial charge in [0.15, 0.2) is 0 Å². The summed E-state index contributed by atoms with van der Waals surface area (Å²) in [5.74, 6) is 0.536. The van der Waals surface area contributed by atoms with Gasteiger partial charge >= 0.3 is 8.60 Å². The largest absolute Gasteiger partial charge is 0.810 e. The van der Waals surface area contributed by atoms with Crippen molar-refractivity contribution in [1.82, 2.24) is 0 Å². The Kier molecular flexibility index (Phi) is 5.93. The van der Waals surface area contributed by atoms with Crippen LogP contribution in [0.2, 0.25) is 0 Å². The molecule has 0 aliphatic heterocycles. The first-order chi connectivity index (χ1) is 10.8. The topological polar surface area (TPSA) is 105 Å². The zero-order chi connectivity index (χ0) is 17.0. The van der Waals surface area contributed by atoms with Crippen LogP contribution in [-0.4, -0.2) is 9.79 Å². The van der Waals surface area contributed by atoms with Crippen molar-refractivity contribution < 1.29 is 28.6 Å². The Bertz CT molecular complexity index is 604. The fourth-order valence-corrected chi connectivity index (χ4v) is 3.09. The maximum absolute atomic E-state index is 10.9. The average Bonchev–Trinajstić information content (AvgIpc) is 2.46. The molecule has 0 aromatic heterocycles. The zero-order valence-electron chi connectivity index (χ0n) is 12.5. The van der Waals surface area contributed by atoms with Crippen molar-refractivity contribution in [3.8, 4) is 11.5 Å². The van der Waals surface area contributed by atoms with E-state index in [-0.39, 0.29) is 5.75 Å². The van der Waals surface area contributed by atoms with Crippen LogP contribution in [0.25, 0.3) is 0 Å².